The number of benzene rings is 1. The predicted molar refractivity (Wildman–Crippen MR) is 147 cm³/mol. The van der Waals surface area contributed by atoms with Crippen LogP contribution in [0.4, 0.5) is 14.5 Å². The number of carbonyl (C=O) groups is 2. The Hall–Kier alpha value is -4.14. The van der Waals surface area contributed by atoms with Gasteiger partial charge in [0.25, 0.3) is 5.56 Å². The number of aliphatic hydroxyl groups excluding tert-OH is 1. The van der Waals surface area contributed by atoms with Gasteiger partial charge in [0.1, 0.15) is 17.0 Å². The van der Waals surface area contributed by atoms with Crippen LogP contribution in [0.5, 0.6) is 5.75 Å². The highest BCUT2D eigenvalue weighted by Gasteiger charge is 2.23. The van der Waals surface area contributed by atoms with Gasteiger partial charge in [-0.1, -0.05) is 6.08 Å². The Labute approximate surface area is 235 Å². The summed E-state index contributed by atoms with van der Waals surface area (Å²) in [7, 11) is 4.47. The normalized spacial score (nSPS) is 13.1. The van der Waals surface area contributed by atoms with Crippen molar-refractivity contribution < 1.29 is 33.0 Å². The SMILES string of the molecule is COC(O)N[C@@H](CC/C=C/C(=O)N(C)C)C(=O)Nc1cccn(Cc2nc3cc(F)c(F)c(OC(C)C)c3[nH]2)c1=O. The first-order chi connectivity index (χ1) is 19.4. The molecule has 222 valence electrons. The second kappa shape index (κ2) is 14.0. The highest BCUT2D eigenvalue weighted by atomic mass is 19.2. The summed E-state index contributed by atoms with van der Waals surface area (Å²) in [6.07, 6.45) is 3.06. The lowest BCUT2D eigenvalue weighted by molar-refractivity contribution is -0.129. The standard InChI is InChI=1S/C27H34F2N6O6/c1-15(2)41-24-22(29)16(28)13-19-23(24)33-20(30-19)14-35-12-8-10-18(26(35)38)31-25(37)17(32-27(39)40-5)9-6-7-11-21(36)34(3)4/h7-8,10-13,15,17,27,32,39H,6,9,14H2,1-5H3,(H,30,33)(H,31,37)/b11-7+/t17-,27?/m0/s1. The fourth-order valence-corrected chi connectivity index (χ4v) is 3.80. The van der Waals surface area contributed by atoms with Crippen LogP contribution < -0.4 is 20.9 Å². The van der Waals surface area contributed by atoms with E-state index in [1.807, 2.05) is 0 Å². The molecule has 2 heterocycles. The number of amides is 2. The van der Waals surface area contributed by atoms with Crippen molar-refractivity contribution in [3.63, 3.8) is 0 Å². The molecule has 12 nitrogen and oxygen atoms in total. The van der Waals surface area contributed by atoms with Crippen LogP contribution >= 0.6 is 0 Å². The highest BCUT2D eigenvalue weighted by Crippen LogP contribution is 2.30. The van der Waals surface area contributed by atoms with Crippen LogP contribution in [-0.4, -0.2) is 76.1 Å². The summed E-state index contributed by atoms with van der Waals surface area (Å²) in [6, 6.07) is 2.91. The number of imidazole rings is 1. The molecule has 0 saturated heterocycles. The monoisotopic (exact) mass is 576 g/mol. The first-order valence-corrected chi connectivity index (χ1v) is 12.8. The number of halogens is 2. The molecular formula is C27H34F2N6O6. The molecule has 4 N–H and O–H groups in total. The fourth-order valence-electron chi connectivity index (χ4n) is 3.80. The van der Waals surface area contributed by atoms with E-state index >= 15 is 0 Å². The number of likely N-dealkylation sites (N-methyl/N-ethyl adjacent to an activating group) is 1. The number of pyridine rings is 1. The Balaban J connectivity index is 1.80. The Morgan fingerprint density at radius 3 is 2.68 bits per heavy atom. The maximum absolute atomic E-state index is 14.4. The number of rotatable bonds is 13. The molecule has 0 spiro atoms. The molecule has 0 saturated carbocycles. The number of methoxy groups -OCH3 is 1. The average molecular weight is 577 g/mol. The number of fused-ring (bicyclic) bond motifs is 1. The van der Waals surface area contributed by atoms with Gasteiger partial charge < -0.3 is 34.3 Å². The van der Waals surface area contributed by atoms with Crippen LogP contribution in [0.1, 0.15) is 32.5 Å². The van der Waals surface area contributed by atoms with E-state index in [0.717, 1.165) is 6.07 Å². The van der Waals surface area contributed by atoms with Crippen molar-refractivity contribution in [2.75, 3.05) is 26.5 Å². The van der Waals surface area contributed by atoms with Gasteiger partial charge in [-0.3, -0.25) is 19.7 Å². The van der Waals surface area contributed by atoms with Crippen molar-refractivity contribution in [2.45, 2.75) is 51.8 Å². The maximum Gasteiger partial charge on any atom is 0.274 e. The van der Waals surface area contributed by atoms with Crippen molar-refractivity contribution in [1.29, 1.82) is 0 Å². The van der Waals surface area contributed by atoms with E-state index in [0.29, 0.717) is 6.42 Å². The van der Waals surface area contributed by atoms with E-state index in [1.54, 1.807) is 34.0 Å². The molecule has 2 aromatic heterocycles. The average Bonchev–Trinajstić information content (AvgIpc) is 3.31. The second-order valence-corrected chi connectivity index (χ2v) is 9.61. The van der Waals surface area contributed by atoms with Gasteiger partial charge in [-0.05, 0) is 44.9 Å². The van der Waals surface area contributed by atoms with Gasteiger partial charge in [-0.15, -0.1) is 0 Å². The Morgan fingerprint density at radius 2 is 2.02 bits per heavy atom. The van der Waals surface area contributed by atoms with E-state index in [4.69, 9.17) is 9.47 Å². The van der Waals surface area contributed by atoms with Crippen LogP contribution in [-0.2, 0) is 20.9 Å². The molecule has 2 atom stereocenters. The van der Waals surface area contributed by atoms with Gasteiger partial charge >= 0.3 is 0 Å². The first-order valence-electron chi connectivity index (χ1n) is 12.8. The minimum absolute atomic E-state index is 0.0495. The van der Waals surface area contributed by atoms with Crippen molar-refractivity contribution in [3.8, 4) is 5.75 Å². The molecule has 0 radical (unpaired) electrons. The number of hydrogen-bond acceptors (Lipinski definition) is 8. The number of carbonyl (C=O) groups excluding carboxylic acids is 2. The number of aliphatic hydroxyl groups is 1. The van der Waals surface area contributed by atoms with Crippen LogP contribution in [0.25, 0.3) is 11.0 Å². The lowest BCUT2D eigenvalue weighted by atomic mass is 10.1. The lowest BCUT2D eigenvalue weighted by Crippen LogP contribution is -2.47. The number of H-pyrrole nitrogens is 1. The summed E-state index contributed by atoms with van der Waals surface area (Å²) in [5, 5.41) is 15.0. The summed E-state index contributed by atoms with van der Waals surface area (Å²) < 4.78 is 40.0. The predicted octanol–water partition coefficient (Wildman–Crippen LogP) is 2.08. The van der Waals surface area contributed by atoms with Gasteiger partial charge in [-0.2, -0.15) is 4.39 Å². The Kier molecular flexibility index (Phi) is 10.7. The van der Waals surface area contributed by atoms with E-state index in [9.17, 15) is 28.3 Å². The zero-order valence-corrected chi connectivity index (χ0v) is 23.4. The van der Waals surface area contributed by atoms with E-state index in [2.05, 4.69) is 20.6 Å². The van der Waals surface area contributed by atoms with Gasteiger partial charge in [0.15, 0.2) is 11.6 Å². The molecule has 41 heavy (non-hydrogen) atoms. The van der Waals surface area contributed by atoms with Crippen LogP contribution in [0.15, 0.2) is 41.3 Å². The summed E-state index contributed by atoms with van der Waals surface area (Å²) in [6.45, 7) is 3.24. The summed E-state index contributed by atoms with van der Waals surface area (Å²) in [4.78, 5) is 46.5. The molecule has 0 aliphatic heterocycles. The summed E-state index contributed by atoms with van der Waals surface area (Å²) in [5.41, 5.74) is -0.345. The fraction of sp³-hybridized carbons (Fsp3) is 0.407. The lowest BCUT2D eigenvalue weighted by Gasteiger charge is -2.20. The maximum atomic E-state index is 14.4. The van der Waals surface area contributed by atoms with Crippen molar-refractivity contribution >= 4 is 28.5 Å². The zero-order valence-electron chi connectivity index (χ0n) is 23.4. The number of anilines is 1. The van der Waals surface area contributed by atoms with Crippen molar-refractivity contribution in [2.24, 2.45) is 0 Å². The number of hydrogen-bond donors (Lipinski definition) is 4. The Bertz CT molecular complexity index is 1470. The molecular weight excluding hydrogens is 542 g/mol. The molecule has 14 heteroatoms. The minimum atomic E-state index is -1.45. The van der Waals surface area contributed by atoms with Crippen LogP contribution in [0, 0.1) is 11.6 Å². The molecule has 2 amide bonds. The topological polar surface area (TPSA) is 151 Å². The number of nitrogens with zero attached hydrogens (tertiary/aromatic N) is 3. The van der Waals surface area contributed by atoms with Gasteiger partial charge in [0, 0.05) is 33.5 Å². The number of ether oxygens (including phenoxy) is 2. The molecule has 3 rings (SSSR count). The smallest absolute Gasteiger partial charge is 0.274 e. The molecule has 3 aromatic rings. The quantitative estimate of drug-likeness (QED) is 0.178. The number of aromatic nitrogens is 3. The van der Waals surface area contributed by atoms with Crippen molar-refractivity contribution in [1.82, 2.24) is 24.8 Å². The van der Waals surface area contributed by atoms with Gasteiger partial charge in [0.2, 0.25) is 24.0 Å². The van der Waals surface area contributed by atoms with E-state index < -0.39 is 41.7 Å². The van der Waals surface area contributed by atoms with Gasteiger partial charge in [0.05, 0.1) is 24.2 Å². The Morgan fingerprint density at radius 1 is 1.29 bits per heavy atom. The molecule has 0 aliphatic rings. The highest BCUT2D eigenvalue weighted by molar-refractivity contribution is 5.94. The van der Waals surface area contributed by atoms with Crippen LogP contribution in [0.2, 0.25) is 0 Å². The summed E-state index contributed by atoms with van der Waals surface area (Å²) >= 11 is 0. The van der Waals surface area contributed by atoms with Gasteiger partial charge in [-0.25, -0.2) is 9.37 Å². The van der Waals surface area contributed by atoms with E-state index in [1.165, 1.54) is 41.0 Å². The third-order valence-corrected chi connectivity index (χ3v) is 5.84. The zero-order chi connectivity index (χ0) is 30.3. The molecule has 0 fully saturated rings. The number of allylic oxidation sites excluding steroid dienone is 1. The third-order valence-electron chi connectivity index (χ3n) is 5.84. The molecule has 0 bridgehead atoms. The minimum Gasteiger partial charge on any atom is -0.486 e. The largest absolute Gasteiger partial charge is 0.486 e. The number of aromatic amines is 1. The third kappa shape index (κ3) is 8.19. The van der Waals surface area contributed by atoms with Crippen LogP contribution in [0.3, 0.4) is 0 Å². The summed E-state index contributed by atoms with van der Waals surface area (Å²) in [5.74, 6) is -3.18. The first kappa shape index (κ1) is 31.4. The molecule has 1 unspecified atom stereocenters. The number of nitrogens with one attached hydrogen (secondary N) is 3. The second-order valence-electron chi connectivity index (χ2n) is 9.61. The molecule has 1 aromatic carbocycles. The molecule has 0 aliphatic carbocycles. The van der Waals surface area contributed by atoms with Crippen molar-refractivity contribution in [3.05, 3.63) is 64.4 Å². The van der Waals surface area contributed by atoms with E-state index in [-0.39, 0.29) is 47.2 Å².